The van der Waals surface area contributed by atoms with Crippen LogP contribution in [0, 0.1) is 6.92 Å². The molecule has 0 radical (unpaired) electrons. The minimum atomic E-state index is -0.390. The molecule has 2 aliphatic rings. The minimum Gasteiger partial charge on any atom is -0.315 e. The number of hydrogen-bond acceptors (Lipinski definition) is 4. The van der Waals surface area contributed by atoms with Gasteiger partial charge in [0.15, 0.2) is 0 Å². The van der Waals surface area contributed by atoms with Gasteiger partial charge in [-0.1, -0.05) is 0 Å². The standard InChI is InChI=1S/C15H15NO2S/c1-9-2-3-15(19-9)12-8-16-5-4-10-6-13(17)14(18)7-11(10)12/h2-3,6-7,12,16H,4-5,8H2,1H3. The number of carbonyl (C=O) groups excluding carboxylic acids is 2. The van der Waals surface area contributed by atoms with Crippen LogP contribution in [0.4, 0.5) is 0 Å². The van der Waals surface area contributed by atoms with E-state index in [1.54, 1.807) is 17.4 Å². The fourth-order valence-electron chi connectivity index (χ4n) is 2.63. The molecule has 0 spiro atoms. The number of allylic oxidation sites excluding steroid dienone is 2. The molecule has 1 aromatic heterocycles. The highest BCUT2D eigenvalue weighted by atomic mass is 32.1. The molecule has 0 bridgehead atoms. The molecule has 1 saturated heterocycles. The monoisotopic (exact) mass is 273 g/mol. The molecule has 1 unspecified atom stereocenters. The van der Waals surface area contributed by atoms with Gasteiger partial charge in [0, 0.05) is 22.2 Å². The van der Waals surface area contributed by atoms with Crippen LogP contribution in [0.25, 0.3) is 0 Å². The SMILES string of the molecule is Cc1ccc(C2CNCCC3=CC(=O)C(=O)C=C32)s1. The van der Waals surface area contributed by atoms with Gasteiger partial charge in [-0.15, -0.1) is 11.3 Å². The van der Waals surface area contributed by atoms with Crippen molar-refractivity contribution < 1.29 is 9.59 Å². The third kappa shape index (κ3) is 2.33. The predicted molar refractivity (Wildman–Crippen MR) is 75.5 cm³/mol. The number of fused-ring (bicyclic) bond motifs is 1. The lowest BCUT2D eigenvalue weighted by Gasteiger charge is -2.20. The van der Waals surface area contributed by atoms with E-state index in [2.05, 4.69) is 24.4 Å². The summed E-state index contributed by atoms with van der Waals surface area (Å²) < 4.78 is 0. The summed E-state index contributed by atoms with van der Waals surface area (Å²) in [5, 5.41) is 3.39. The predicted octanol–water partition coefficient (Wildman–Crippen LogP) is 2.14. The number of thiophene rings is 1. The fourth-order valence-corrected chi connectivity index (χ4v) is 3.63. The highest BCUT2D eigenvalue weighted by molar-refractivity contribution is 7.12. The lowest BCUT2D eigenvalue weighted by atomic mass is 9.85. The maximum absolute atomic E-state index is 11.7. The zero-order valence-corrected chi connectivity index (χ0v) is 11.5. The van der Waals surface area contributed by atoms with Crippen molar-refractivity contribution in [2.75, 3.05) is 13.1 Å². The van der Waals surface area contributed by atoms with E-state index in [1.165, 1.54) is 15.8 Å². The van der Waals surface area contributed by atoms with Crippen molar-refractivity contribution >= 4 is 22.9 Å². The van der Waals surface area contributed by atoms with Crippen molar-refractivity contribution in [2.24, 2.45) is 0 Å². The smallest absolute Gasteiger partial charge is 0.226 e. The van der Waals surface area contributed by atoms with Crippen molar-refractivity contribution in [3.05, 3.63) is 45.2 Å². The van der Waals surface area contributed by atoms with E-state index in [1.807, 2.05) is 0 Å². The number of nitrogens with one attached hydrogen (secondary N) is 1. The van der Waals surface area contributed by atoms with Gasteiger partial charge in [0.1, 0.15) is 0 Å². The van der Waals surface area contributed by atoms with E-state index in [-0.39, 0.29) is 17.5 Å². The molecule has 2 heterocycles. The number of carbonyl (C=O) groups is 2. The first kappa shape index (κ1) is 12.5. The van der Waals surface area contributed by atoms with E-state index in [0.717, 1.165) is 30.7 Å². The zero-order chi connectivity index (χ0) is 13.4. The Kier molecular flexibility index (Phi) is 3.21. The number of aryl methyl sites for hydroxylation is 1. The first-order chi connectivity index (χ1) is 9.15. The zero-order valence-electron chi connectivity index (χ0n) is 10.7. The van der Waals surface area contributed by atoms with Crippen molar-refractivity contribution in [1.29, 1.82) is 0 Å². The molecule has 1 aliphatic carbocycles. The fraction of sp³-hybridized carbons (Fsp3) is 0.333. The summed E-state index contributed by atoms with van der Waals surface area (Å²) in [6.07, 6.45) is 3.88. The van der Waals surface area contributed by atoms with Crippen LogP contribution in [0.2, 0.25) is 0 Å². The Hall–Kier alpha value is -1.52. The van der Waals surface area contributed by atoms with E-state index >= 15 is 0 Å². The third-order valence-corrected chi connectivity index (χ3v) is 4.72. The van der Waals surface area contributed by atoms with Gasteiger partial charge in [0.2, 0.25) is 11.6 Å². The summed E-state index contributed by atoms with van der Waals surface area (Å²) in [6.45, 7) is 3.76. The highest BCUT2D eigenvalue weighted by Crippen LogP contribution is 2.37. The van der Waals surface area contributed by atoms with Crippen LogP contribution in [0.1, 0.15) is 22.1 Å². The maximum Gasteiger partial charge on any atom is 0.226 e. The first-order valence-electron chi connectivity index (χ1n) is 6.43. The highest BCUT2D eigenvalue weighted by Gasteiger charge is 2.29. The van der Waals surface area contributed by atoms with Crippen molar-refractivity contribution in [3.63, 3.8) is 0 Å². The topological polar surface area (TPSA) is 46.2 Å². The molecule has 0 aromatic carbocycles. The second-order valence-corrected chi connectivity index (χ2v) is 6.27. The molecule has 19 heavy (non-hydrogen) atoms. The molecule has 1 atom stereocenters. The van der Waals surface area contributed by atoms with Gasteiger partial charge in [0.05, 0.1) is 0 Å². The van der Waals surface area contributed by atoms with E-state index in [4.69, 9.17) is 0 Å². The molecular weight excluding hydrogens is 258 g/mol. The molecule has 4 heteroatoms. The van der Waals surface area contributed by atoms with Crippen LogP contribution in [-0.4, -0.2) is 24.7 Å². The Labute approximate surface area is 116 Å². The summed E-state index contributed by atoms with van der Waals surface area (Å²) >= 11 is 1.76. The van der Waals surface area contributed by atoms with Gasteiger partial charge in [-0.05, 0) is 55.3 Å². The van der Waals surface area contributed by atoms with Crippen LogP contribution in [0.15, 0.2) is 35.4 Å². The van der Waals surface area contributed by atoms with Crippen molar-refractivity contribution in [2.45, 2.75) is 19.3 Å². The number of hydrogen-bond donors (Lipinski definition) is 1. The van der Waals surface area contributed by atoms with E-state index < -0.39 is 0 Å². The van der Waals surface area contributed by atoms with Gasteiger partial charge in [-0.25, -0.2) is 0 Å². The quantitative estimate of drug-likeness (QED) is 0.630. The van der Waals surface area contributed by atoms with Crippen LogP contribution in [0.5, 0.6) is 0 Å². The average molecular weight is 273 g/mol. The first-order valence-corrected chi connectivity index (χ1v) is 7.24. The Bertz CT molecular complexity index is 609. The van der Waals surface area contributed by atoms with Gasteiger partial charge in [0.25, 0.3) is 0 Å². The second kappa shape index (κ2) is 4.87. The second-order valence-electron chi connectivity index (χ2n) is 4.95. The summed E-state index contributed by atoms with van der Waals surface area (Å²) in [5.41, 5.74) is 2.04. The van der Waals surface area contributed by atoms with E-state index in [0.29, 0.717) is 0 Å². The van der Waals surface area contributed by atoms with Gasteiger partial charge in [-0.2, -0.15) is 0 Å². The molecule has 0 amide bonds. The number of ketones is 2. The largest absolute Gasteiger partial charge is 0.315 e. The number of rotatable bonds is 1. The Balaban J connectivity index is 2.04. The summed E-state index contributed by atoms with van der Waals surface area (Å²) in [5.74, 6) is -0.592. The molecule has 3 nitrogen and oxygen atoms in total. The summed E-state index contributed by atoms with van der Waals surface area (Å²) in [6, 6.07) is 4.22. The third-order valence-electron chi connectivity index (χ3n) is 3.61. The molecular formula is C15H15NO2S. The van der Waals surface area contributed by atoms with Crippen molar-refractivity contribution in [1.82, 2.24) is 5.32 Å². The maximum atomic E-state index is 11.7. The molecule has 1 N–H and O–H groups in total. The molecule has 0 saturated carbocycles. The minimum absolute atomic E-state index is 0.185. The van der Waals surface area contributed by atoms with E-state index in [9.17, 15) is 9.59 Å². The van der Waals surface area contributed by atoms with Crippen molar-refractivity contribution in [3.8, 4) is 0 Å². The average Bonchev–Trinajstić information content (AvgIpc) is 2.70. The van der Waals surface area contributed by atoms with Crippen LogP contribution >= 0.6 is 11.3 Å². The van der Waals surface area contributed by atoms with Crippen LogP contribution in [0.3, 0.4) is 0 Å². The Morgan fingerprint density at radius 2 is 2.00 bits per heavy atom. The molecule has 1 aliphatic heterocycles. The molecule has 3 rings (SSSR count). The van der Waals surface area contributed by atoms with Gasteiger partial charge >= 0.3 is 0 Å². The van der Waals surface area contributed by atoms with Crippen LogP contribution in [-0.2, 0) is 9.59 Å². The molecule has 1 fully saturated rings. The van der Waals surface area contributed by atoms with Gasteiger partial charge in [-0.3, -0.25) is 9.59 Å². The molecule has 1 aromatic rings. The van der Waals surface area contributed by atoms with Crippen LogP contribution < -0.4 is 5.32 Å². The Morgan fingerprint density at radius 1 is 1.21 bits per heavy atom. The lowest BCUT2D eigenvalue weighted by molar-refractivity contribution is -0.131. The Morgan fingerprint density at radius 3 is 2.74 bits per heavy atom. The summed E-state index contributed by atoms with van der Waals surface area (Å²) in [4.78, 5) is 25.7. The summed E-state index contributed by atoms with van der Waals surface area (Å²) in [7, 11) is 0. The lowest BCUT2D eigenvalue weighted by Crippen LogP contribution is -2.21. The normalized spacial score (nSPS) is 23.5. The van der Waals surface area contributed by atoms with Gasteiger partial charge < -0.3 is 5.32 Å². The molecule has 98 valence electrons.